The maximum absolute atomic E-state index is 13.4. The lowest BCUT2D eigenvalue weighted by molar-refractivity contribution is -0.116. The molecule has 1 amide bonds. The summed E-state index contributed by atoms with van der Waals surface area (Å²) in [6.07, 6.45) is 0. The van der Waals surface area contributed by atoms with Crippen LogP contribution in [0.5, 0.6) is 0 Å². The molecule has 18 heavy (non-hydrogen) atoms. The molecule has 0 fully saturated rings. The molecule has 0 saturated heterocycles. The SMILES string of the molecule is CC(C)CN(CC(N)=O)c1cc(F)cc(CO)c1. The number of hydrogen-bond acceptors (Lipinski definition) is 3. The number of carbonyl (C=O) groups excluding carboxylic acids is 1. The molecule has 0 bridgehead atoms. The highest BCUT2D eigenvalue weighted by Crippen LogP contribution is 2.19. The van der Waals surface area contributed by atoms with Gasteiger partial charge in [0.15, 0.2) is 0 Å². The Kier molecular flexibility index (Phi) is 5.09. The monoisotopic (exact) mass is 254 g/mol. The molecular weight excluding hydrogens is 235 g/mol. The Hall–Kier alpha value is -1.62. The number of rotatable bonds is 6. The second kappa shape index (κ2) is 6.35. The van der Waals surface area contributed by atoms with Crippen molar-refractivity contribution in [2.45, 2.75) is 20.5 Å². The highest BCUT2D eigenvalue weighted by molar-refractivity contribution is 5.79. The van der Waals surface area contributed by atoms with Crippen LogP contribution in [0.3, 0.4) is 0 Å². The maximum Gasteiger partial charge on any atom is 0.236 e. The summed E-state index contributed by atoms with van der Waals surface area (Å²) in [6, 6.07) is 4.26. The van der Waals surface area contributed by atoms with E-state index in [1.807, 2.05) is 13.8 Å². The second-order valence-electron chi connectivity index (χ2n) is 4.72. The van der Waals surface area contributed by atoms with E-state index in [0.29, 0.717) is 23.7 Å². The molecule has 0 aliphatic heterocycles. The molecule has 0 aliphatic rings. The zero-order chi connectivity index (χ0) is 13.7. The fraction of sp³-hybridized carbons (Fsp3) is 0.462. The Bertz CT molecular complexity index is 421. The zero-order valence-electron chi connectivity index (χ0n) is 10.7. The van der Waals surface area contributed by atoms with E-state index in [9.17, 15) is 9.18 Å². The number of halogens is 1. The fourth-order valence-electron chi connectivity index (χ4n) is 1.80. The van der Waals surface area contributed by atoms with Crippen molar-refractivity contribution >= 4 is 11.6 Å². The van der Waals surface area contributed by atoms with Gasteiger partial charge >= 0.3 is 0 Å². The normalized spacial score (nSPS) is 10.7. The van der Waals surface area contributed by atoms with Crippen LogP contribution in [0.15, 0.2) is 18.2 Å². The number of aliphatic hydroxyl groups is 1. The minimum absolute atomic E-state index is 0.0342. The van der Waals surface area contributed by atoms with Gasteiger partial charge in [0.2, 0.25) is 5.91 Å². The summed E-state index contributed by atoms with van der Waals surface area (Å²) in [4.78, 5) is 12.8. The van der Waals surface area contributed by atoms with Crippen LogP contribution >= 0.6 is 0 Å². The van der Waals surface area contributed by atoms with Crippen molar-refractivity contribution in [3.05, 3.63) is 29.6 Å². The quantitative estimate of drug-likeness (QED) is 0.803. The topological polar surface area (TPSA) is 66.6 Å². The number of hydrogen-bond donors (Lipinski definition) is 2. The molecule has 0 aliphatic carbocycles. The third-order valence-corrected chi connectivity index (χ3v) is 2.42. The van der Waals surface area contributed by atoms with Crippen molar-refractivity contribution in [1.82, 2.24) is 0 Å². The van der Waals surface area contributed by atoms with Crippen LogP contribution in [-0.4, -0.2) is 24.1 Å². The average Bonchev–Trinajstić information content (AvgIpc) is 2.26. The van der Waals surface area contributed by atoms with Gasteiger partial charge in [0, 0.05) is 12.2 Å². The van der Waals surface area contributed by atoms with Gasteiger partial charge in [-0.3, -0.25) is 4.79 Å². The lowest BCUT2D eigenvalue weighted by atomic mass is 10.1. The number of amides is 1. The molecule has 5 heteroatoms. The molecule has 0 unspecified atom stereocenters. The van der Waals surface area contributed by atoms with Crippen molar-refractivity contribution in [3.8, 4) is 0 Å². The Morgan fingerprint density at radius 3 is 2.61 bits per heavy atom. The van der Waals surface area contributed by atoms with Crippen molar-refractivity contribution in [3.63, 3.8) is 0 Å². The van der Waals surface area contributed by atoms with Crippen LogP contribution in [0, 0.1) is 11.7 Å². The fourth-order valence-corrected chi connectivity index (χ4v) is 1.80. The third kappa shape index (κ3) is 4.33. The van der Waals surface area contributed by atoms with Crippen LogP contribution in [0.4, 0.5) is 10.1 Å². The Balaban J connectivity index is 3.02. The van der Waals surface area contributed by atoms with Crippen LogP contribution in [0.25, 0.3) is 0 Å². The van der Waals surface area contributed by atoms with E-state index in [2.05, 4.69) is 0 Å². The van der Waals surface area contributed by atoms with Gasteiger partial charge < -0.3 is 15.7 Å². The summed E-state index contributed by atoms with van der Waals surface area (Å²) in [5, 5.41) is 9.06. The highest BCUT2D eigenvalue weighted by Gasteiger charge is 2.13. The van der Waals surface area contributed by atoms with E-state index in [-0.39, 0.29) is 13.2 Å². The van der Waals surface area contributed by atoms with Crippen molar-refractivity contribution in [1.29, 1.82) is 0 Å². The minimum atomic E-state index is -0.467. The number of aliphatic hydroxyl groups excluding tert-OH is 1. The Labute approximate surface area is 106 Å². The van der Waals surface area contributed by atoms with Crippen LogP contribution in [0.2, 0.25) is 0 Å². The van der Waals surface area contributed by atoms with Gasteiger partial charge in [0.05, 0.1) is 13.2 Å². The van der Waals surface area contributed by atoms with E-state index in [1.165, 1.54) is 12.1 Å². The molecule has 0 radical (unpaired) electrons. The van der Waals surface area contributed by atoms with Gasteiger partial charge in [-0.15, -0.1) is 0 Å². The molecule has 1 aromatic rings. The number of nitrogens with zero attached hydrogens (tertiary/aromatic N) is 1. The average molecular weight is 254 g/mol. The smallest absolute Gasteiger partial charge is 0.236 e. The molecule has 4 nitrogen and oxygen atoms in total. The number of anilines is 1. The van der Waals surface area contributed by atoms with Crippen LogP contribution in [-0.2, 0) is 11.4 Å². The van der Waals surface area contributed by atoms with E-state index in [0.717, 1.165) is 0 Å². The molecule has 3 N–H and O–H groups in total. The predicted molar refractivity (Wildman–Crippen MR) is 68.6 cm³/mol. The summed E-state index contributed by atoms with van der Waals surface area (Å²) in [7, 11) is 0. The van der Waals surface area contributed by atoms with E-state index in [4.69, 9.17) is 10.8 Å². The van der Waals surface area contributed by atoms with E-state index >= 15 is 0 Å². The standard InChI is InChI=1S/C13H19FN2O2/c1-9(2)6-16(7-13(15)18)12-4-10(8-17)3-11(14)5-12/h3-5,9,17H,6-8H2,1-2H3,(H2,15,18). The summed E-state index contributed by atoms with van der Waals surface area (Å²) in [5.74, 6) is -0.592. The molecule has 100 valence electrons. The Morgan fingerprint density at radius 1 is 1.44 bits per heavy atom. The number of primary amides is 1. The van der Waals surface area contributed by atoms with Crippen molar-refractivity contribution in [2.24, 2.45) is 11.7 Å². The largest absolute Gasteiger partial charge is 0.392 e. The maximum atomic E-state index is 13.4. The van der Waals surface area contributed by atoms with Crippen molar-refractivity contribution in [2.75, 3.05) is 18.0 Å². The summed E-state index contributed by atoms with van der Waals surface area (Å²) < 4.78 is 13.4. The first-order valence-corrected chi connectivity index (χ1v) is 5.86. The predicted octanol–water partition coefficient (Wildman–Crippen LogP) is 1.27. The van der Waals surface area contributed by atoms with E-state index in [1.54, 1.807) is 11.0 Å². The number of carbonyl (C=O) groups is 1. The van der Waals surface area contributed by atoms with Gasteiger partial charge in [-0.25, -0.2) is 4.39 Å². The van der Waals surface area contributed by atoms with Gasteiger partial charge in [-0.2, -0.15) is 0 Å². The molecule has 0 atom stereocenters. The molecular formula is C13H19FN2O2. The molecule has 1 rings (SSSR count). The zero-order valence-corrected chi connectivity index (χ0v) is 10.7. The van der Waals surface area contributed by atoms with Gasteiger partial charge in [0.1, 0.15) is 5.82 Å². The lowest BCUT2D eigenvalue weighted by Gasteiger charge is -2.25. The number of nitrogens with two attached hydrogens (primary N) is 1. The van der Waals surface area contributed by atoms with Gasteiger partial charge in [0.25, 0.3) is 0 Å². The molecule has 0 aromatic heterocycles. The minimum Gasteiger partial charge on any atom is -0.392 e. The van der Waals surface area contributed by atoms with Crippen LogP contribution < -0.4 is 10.6 Å². The molecule has 0 spiro atoms. The summed E-state index contributed by atoms with van der Waals surface area (Å²) in [6.45, 7) is 4.39. The number of benzene rings is 1. The highest BCUT2D eigenvalue weighted by atomic mass is 19.1. The van der Waals surface area contributed by atoms with E-state index < -0.39 is 11.7 Å². The second-order valence-corrected chi connectivity index (χ2v) is 4.72. The third-order valence-electron chi connectivity index (χ3n) is 2.42. The van der Waals surface area contributed by atoms with Gasteiger partial charge in [-0.1, -0.05) is 13.8 Å². The van der Waals surface area contributed by atoms with Crippen molar-refractivity contribution < 1.29 is 14.3 Å². The molecule has 0 saturated carbocycles. The van der Waals surface area contributed by atoms with Crippen LogP contribution in [0.1, 0.15) is 19.4 Å². The first-order valence-electron chi connectivity index (χ1n) is 5.86. The Morgan fingerprint density at radius 2 is 2.11 bits per heavy atom. The molecule has 1 aromatic carbocycles. The van der Waals surface area contributed by atoms with Gasteiger partial charge in [-0.05, 0) is 29.7 Å². The summed E-state index contributed by atoms with van der Waals surface area (Å²) in [5.41, 5.74) is 6.23. The first-order chi connectivity index (χ1) is 8.42. The first kappa shape index (κ1) is 14.4. The molecule has 0 heterocycles. The lowest BCUT2D eigenvalue weighted by Crippen LogP contribution is -2.36. The summed E-state index contributed by atoms with van der Waals surface area (Å²) >= 11 is 0.